The molecule has 0 saturated heterocycles. The molecule has 0 aliphatic heterocycles. The van der Waals surface area contributed by atoms with Crippen molar-refractivity contribution >= 4 is 12.2 Å². The van der Waals surface area contributed by atoms with E-state index in [2.05, 4.69) is 10.5 Å². The Balaban J connectivity index is 1.98. The van der Waals surface area contributed by atoms with E-state index >= 15 is 0 Å². The number of nitrogens with zero attached hydrogens (tertiary/aromatic N) is 1. The van der Waals surface area contributed by atoms with Crippen LogP contribution in [0.2, 0.25) is 0 Å². The quantitative estimate of drug-likeness (QED) is 0.650. The van der Waals surface area contributed by atoms with Gasteiger partial charge >= 0.3 is 6.03 Å². The molecule has 96 valence electrons. The first kappa shape index (κ1) is 12.6. The number of rotatable bonds is 4. The van der Waals surface area contributed by atoms with Crippen molar-refractivity contribution < 1.29 is 9.53 Å². The summed E-state index contributed by atoms with van der Waals surface area (Å²) < 4.78 is 5.64. The van der Waals surface area contributed by atoms with E-state index < -0.39 is 6.03 Å². The van der Waals surface area contributed by atoms with Crippen molar-refractivity contribution in [3.63, 3.8) is 0 Å². The Bertz CT molecular complexity index is 565. The van der Waals surface area contributed by atoms with Crippen molar-refractivity contribution in [2.24, 2.45) is 10.8 Å². The first-order valence-corrected chi connectivity index (χ1v) is 5.65. The van der Waals surface area contributed by atoms with Gasteiger partial charge in [-0.1, -0.05) is 18.2 Å². The lowest BCUT2D eigenvalue weighted by molar-refractivity contribution is 0.249. The number of hydrazone groups is 1. The van der Waals surface area contributed by atoms with Crippen LogP contribution in [0.1, 0.15) is 5.56 Å². The van der Waals surface area contributed by atoms with Crippen LogP contribution in [0, 0.1) is 0 Å². The van der Waals surface area contributed by atoms with Crippen LogP contribution in [0.3, 0.4) is 0 Å². The predicted octanol–water partition coefficient (Wildman–Crippen LogP) is 2.48. The average molecular weight is 255 g/mol. The van der Waals surface area contributed by atoms with Crippen molar-refractivity contribution in [1.82, 2.24) is 5.43 Å². The van der Waals surface area contributed by atoms with Crippen molar-refractivity contribution in [2.75, 3.05) is 0 Å². The number of ether oxygens (including phenoxy) is 1. The molecule has 0 aliphatic carbocycles. The van der Waals surface area contributed by atoms with Crippen molar-refractivity contribution in [2.45, 2.75) is 0 Å². The van der Waals surface area contributed by atoms with E-state index in [-0.39, 0.29) is 0 Å². The van der Waals surface area contributed by atoms with E-state index in [1.54, 1.807) is 0 Å². The fourth-order valence-corrected chi connectivity index (χ4v) is 1.42. The minimum Gasteiger partial charge on any atom is -0.457 e. The number of urea groups is 1. The molecular weight excluding hydrogens is 242 g/mol. The van der Waals surface area contributed by atoms with Gasteiger partial charge < -0.3 is 10.5 Å². The van der Waals surface area contributed by atoms with Gasteiger partial charge in [-0.25, -0.2) is 10.2 Å². The van der Waals surface area contributed by atoms with Crippen molar-refractivity contribution in [1.29, 1.82) is 0 Å². The van der Waals surface area contributed by atoms with Crippen LogP contribution < -0.4 is 15.9 Å². The number of nitrogens with two attached hydrogens (primary N) is 1. The third-order valence-corrected chi connectivity index (χ3v) is 2.25. The largest absolute Gasteiger partial charge is 0.457 e. The lowest BCUT2D eigenvalue weighted by Crippen LogP contribution is -2.24. The maximum absolute atomic E-state index is 10.4. The molecule has 0 heterocycles. The minimum atomic E-state index is -0.694. The number of para-hydroxylation sites is 1. The van der Waals surface area contributed by atoms with Crippen LogP contribution in [0.25, 0.3) is 0 Å². The summed E-state index contributed by atoms with van der Waals surface area (Å²) in [6, 6.07) is 16.1. The number of hydrogen-bond acceptors (Lipinski definition) is 3. The smallest absolute Gasteiger partial charge is 0.332 e. The monoisotopic (exact) mass is 255 g/mol. The Morgan fingerprint density at radius 1 is 1.05 bits per heavy atom. The lowest BCUT2D eigenvalue weighted by Gasteiger charge is -2.05. The molecule has 0 bridgehead atoms. The average Bonchev–Trinajstić information content (AvgIpc) is 2.42. The van der Waals surface area contributed by atoms with E-state index in [1.165, 1.54) is 6.21 Å². The van der Waals surface area contributed by atoms with Crippen LogP contribution in [0.5, 0.6) is 11.5 Å². The second-order valence-corrected chi connectivity index (χ2v) is 3.72. The van der Waals surface area contributed by atoms with Crippen LogP contribution >= 0.6 is 0 Å². The zero-order chi connectivity index (χ0) is 13.5. The first-order valence-electron chi connectivity index (χ1n) is 5.65. The molecule has 0 aromatic heterocycles. The van der Waals surface area contributed by atoms with Crippen molar-refractivity contribution in [3.8, 4) is 11.5 Å². The fraction of sp³-hybridized carbons (Fsp3) is 0. The van der Waals surface area contributed by atoms with Gasteiger partial charge in [0, 0.05) is 0 Å². The summed E-state index contributed by atoms with van der Waals surface area (Å²) in [7, 11) is 0. The second kappa shape index (κ2) is 6.20. The van der Waals surface area contributed by atoms with Crippen LogP contribution in [0.4, 0.5) is 4.79 Å². The van der Waals surface area contributed by atoms with Gasteiger partial charge in [-0.05, 0) is 42.0 Å². The molecule has 3 N–H and O–H groups in total. The van der Waals surface area contributed by atoms with Gasteiger partial charge in [-0.3, -0.25) is 0 Å². The summed E-state index contributed by atoms with van der Waals surface area (Å²) in [5, 5.41) is 3.66. The van der Waals surface area contributed by atoms with Gasteiger partial charge in [0.05, 0.1) is 6.21 Å². The predicted molar refractivity (Wildman–Crippen MR) is 73.3 cm³/mol. The molecule has 0 aliphatic rings. The molecule has 0 saturated carbocycles. The molecule has 5 nitrogen and oxygen atoms in total. The number of primary amides is 1. The second-order valence-electron chi connectivity index (χ2n) is 3.72. The lowest BCUT2D eigenvalue weighted by atomic mass is 10.2. The number of benzene rings is 2. The standard InChI is InChI=1S/C14H13N3O2/c15-14(18)17-16-10-11-6-8-13(9-7-11)19-12-4-2-1-3-5-12/h1-10H,(H3,15,17,18)/b16-10+. The third kappa shape index (κ3) is 4.16. The highest BCUT2D eigenvalue weighted by molar-refractivity contribution is 5.81. The number of carbonyl (C=O) groups excluding carboxylic acids is 1. The Morgan fingerprint density at radius 3 is 2.32 bits per heavy atom. The third-order valence-electron chi connectivity index (χ3n) is 2.25. The van der Waals surface area contributed by atoms with Gasteiger partial charge in [0.1, 0.15) is 11.5 Å². The molecule has 5 heteroatoms. The zero-order valence-electron chi connectivity index (χ0n) is 10.1. The number of hydrogen-bond donors (Lipinski definition) is 2. The number of amides is 2. The molecule has 19 heavy (non-hydrogen) atoms. The van der Waals surface area contributed by atoms with E-state index in [4.69, 9.17) is 10.5 Å². The van der Waals surface area contributed by atoms with Gasteiger partial charge in [-0.15, -0.1) is 0 Å². The Hall–Kier alpha value is -2.82. The van der Waals surface area contributed by atoms with Crippen molar-refractivity contribution in [3.05, 3.63) is 60.2 Å². The molecule has 2 amide bonds. The highest BCUT2D eigenvalue weighted by atomic mass is 16.5. The number of nitrogens with one attached hydrogen (secondary N) is 1. The van der Waals surface area contributed by atoms with Gasteiger partial charge in [0.2, 0.25) is 0 Å². The topological polar surface area (TPSA) is 76.7 Å². The highest BCUT2D eigenvalue weighted by Gasteiger charge is 1.96. The molecule has 0 fully saturated rings. The summed E-state index contributed by atoms with van der Waals surface area (Å²) in [5.41, 5.74) is 7.84. The summed E-state index contributed by atoms with van der Waals surface area (Å²) in [4.78, 5) is 10.4. The van der Waals surface area contributed by atoms with Crippen LogP contribution in [-0.4, -0.2) is 12.2 Å². The SMILES string of the molecule is NC(=O)N/N=C/c1ccc(Oc2ccccc2)cc1. The Kier molecular flexibility index (Phi) is 4.12. The fourth-order valence-electron chi connectivity index (χ4n) is 1.42. The van der Waals surface area contributed by atoms with Gasteiger partial charge in [0.15, 0.2) is 0 Å². The molecule has 2 aromatic carbocycles. The molecule has 0 unspecified atom stereocenters. The van der Waals surface area contributed by atoms with E-state index in [9.17, 15) is 4.79 Å². The molecule has 0 atom stereocenters. The van der Waals surface area contributed by atoms with Crippen LogP contribution in [0.15, 0.2) is 59.7 Å². The van der Waals surface area contributed by atoms with E-state index in [0.717, 1.165) is 17.1 Å². The highest BCUT2D eigenvalue weighted by Crippen LogP contribution is 2.20. The molecule has 2 aromatic rings. The first-order chi connectivity index (χ1) is 9.24. The maximum atomic E-state index is 10.4. The summed E-state index contributed by atoms with van der Waals surface area (Å²) >= 11 is 0. The molecule has 0 spiro atoms. The van der Waals surface area contributed by atoms with Crippen LogP contribution in [-0.2, 0) is 0 Å². The summed E-state index contributed by atoms with van der Waals surface area (Å²) in [6.45, 7) is 0. The normalized spacial score (nSPS) is 10.3. The summed E-state index contributed by atoms with van der Waals surface area (Å²) in [5.74, 6) is 1.51. The van der Waals surface area contributed by atoms with E-state index in [1.807, 2.05) is 54.6 Å². The Labute approximate surface area is 110 Å². The number of carbonyl (C=O) groups is 1. The summed E-state index contributed by atoms with van der Waals surface area (Å²) in [6.07, 6.45) is 1.50. The minimum absolute atomic E-state index is 0.694. The van der Waals surface area contributed by atoms with Gasteiger partial charge in [0.25, 0.3) is 0 Å². The van der Waals surface area contributed by atoms with E-state index in [0.29, 0.717) is 0 Å². The molecule has 2 rings (SSSR count). The molecular formula is C14H13N3O2. The van der Waals surface area contributed by atoms with Gasteiger partial charge in [-0.2, -0.15) is 5.10 Å². The zero-order valence-corrected chi connectivity index (χ0v) is 10.1. The Morgan fingerprint density at radius 2 is 1.68 bits per heavy atom. The molecule has 0 radical (unpaired) electrons. The maximum Gasteiger partial charge on any atom is 0.332 e.